The lowest BCUT2D eigenvalue weighted by atomic mass is 9.87. The molecule has 0 saturated carbocycles. The van der Waals surface area contributed by atoms with Crippen molar-refractivity contribution in [2.24, 2.45) is 11.8 Å². The number of halogens is 1. The Morgan fingerprint density at radius 1 is 1.29 bits per heavy atom. The van der Waals surface area contributed by atoms with Crippen LogP contribution in [0.1, 0.15) is 36.6 Å². The summed E-state index contributed by atoms with van der Waals surface area (Å²) in [4.78, 5) is 14.5. The molecule has 1 heterocycles. The van der Waals surface area contributed by atoms with Gasteiger partial charge in [-0.15, -0.1) is 12.4 Å². The molecule has 0 spiro atoms. The van der Waals surface area contributed by atoms with Crippen molar-refractivity contribution in [3.8, 4) is 0 Å². The highest BCUT2D eigenvalue weighted by molar-refractivity contribution is 5.85. The quantitative estimate of drug-likeness (QED) is 0.927. The van der Waals surface area contributed by atoms with E-state index in [4.69, 9.17) is 0 Å². The summed E-state index contributed by atoms with van der Waals surface area (Å²) in [6.45, 7) is 10.3. The number of nitrogens with one attached hydrogen (secondary N) is 1. The summed E-state index contributed by atoms with van der Waals surface area (Å²) >= 11 is 0. The Hall–Kier alpha value is -1.06. The van der Waals surface area contributed by atoms with Crippen LogP contribution < -0.4 is 5.32 Å². The molecule has 2 rings (SSSR count). The molecule has 1 aromatic rings. The molecule has 1 N–H and O–H groups in total. The van der Waals surface area contributed by atoms with E-state index in [0.29, 0.717) is 5.92 Å². The van der Waals surface area contributed by atoms with Gasteiger partial charge in [0, 0.05) is 13.0 Å². The van der Waals surface area contributed by atoms with E-state index in [2.05, 4.69) is 51.2 Å². The topological polar surface area (TPSA) is 32.3 Å². The van der Waals surface area contributed by atoms with Gasteiger partial charge in [-0.25, -0.2) is 0 Å². The van der Waals surface area contributed by atoms with Crippen molar-refractivity contribution in [1.29, 1.82) is 0 Å². The molecule has 3 nitrogen and oxygen atoms in total. The van der Waals surface area contributed by atoms with Crippen LogP contribution >= 0.6 is 12.4 Å². The van der Waals surface area contributed by atoms with Crippen LogP contribution in [0, 0.1) is 25.7 Å². The second-order valence-electron chi connectivity index (χ2n) is 6.19. The number of rotatable bonds is 4. The number of aryl methyl sites for hydroxylation is 2. The lowest BCUT2D eigenvalue weighted by Crippen LogP contribution is -2.50. The van der Waals surface area contributed by atoms with E-state index in [9.17, 15) is 4.79 Å². The molecule has 0 aliphatic carbocycles. The number of carbonyl (C=O) groups excluding carboxylic acids is 1. The average molecular weight is 311 g/mol. The van der Waals surface area contributed by atoms with Crippen LogP contribution in [0.15, 0.2) is 18.2 Å². The fourth-order valence-corrected chi connectivity index (χ4v) is 2.88. The Morgan fingerprint density at radius 2 is 1.90 bits per heavy atom. The van der Waals surface area contributed by atoms with Crippen molar-refractivity contribution in [1.82, 2.24) is 10.2 Å². The highest BCUT2D eigenvalue weighted by Crippen LogP contribution is 2.26. The van der Waals surface area contributed by atoms with Gasteiger partial charge in [0.1, 0.15) is 0 Å². The minimum Gasteiger partial charge on any atom is -0.339 e. The first-order valence-electron chi connectivity index (χ1n) is 7.46. The van der Waals surface area contributed by atoms with Crippen LogP contribution in [0.5, 0.6) is 0 Å². The SMILES string of the molecule is Cc1ccc(C(C)N(C)C(=O)C(C)C2CNC2)c(C)c1.Cl. The van der Waals surface area contributed by atoms with Gasteiger partial charge in [0.15, 0.2) is 0 Å². The molecule has 2 unspecified atom stereocenters. The lowest BCUT2D eigenvalue weighted by molar-refractivity contribution is -0.138. The van der Waals surface area contributed by atoms with Crippen molar-refractivity contribution >= 4 is 18.3 Å². The lowest BCUT2D eigenvalue weighted by Gasteiger charge is -2.36. The maximum atomic E-state index is 12.6. The van der Waals surface area contributed by atoms with E-state index in [0.717, 1.165) is 13.1 Å². The highest BCUT2D eigenvalue weighted by atomic mass is 35.5. The first-order valence-corrected chi connectivity index (χ1v) is 7.46. The van der Waals surface area contributed by atoms with E-state index < -0.39 is 0 Å². The molecule has 1 aliphatic heterocycles. The Labute approximate surface area is 134 Å². The van der Waals surface area contributed by atoms with Gasteiger partial charge in [-0.05, 0) is 50.9 Å². The molecular weight excluding hydrogens is 284 g/mol. The predicted molar refractivity (Wildman–Crippen MR) is 89.9 cm³/mol. The Morgan fingerprint density at radius 3 is 2.38 bits per heavy atom. The summed E-state index contributed by atoms with van der Waals surface area (Å²) < 4.78 is 0. The molecule has 0 radical (unpaired) electrons. The summed E-state index contributed by atoms with van der Waals surface area (Å²) in [6.07, 6.45) is 0. The van der Waals surface area contributed by atoms with Gasteiger partial charge in [0.25, 0.3) is 0 Å². The Kier molecular flexibility index (Phi) is 6.24. The van der Waals surface area contributed by atoms with Crippen LogP contribution in [0.25, 0.3) is 0 Å². The molecule has 1 aromatic carbocycles. The molecule has 118 valence electrons. The van der Waals surface area contributed by atoms with E-state index >= 15 is 0 Å². The van der Waals surface area contributed by atoms with Gasteiger partial charge >= 0.3 is 0 Å². The second-order valence-corrected chi connectivity index (χ2v) is 6.19. The molecule has 4 heteroatoms. The number of nitrogens with zero attached hydrogens (tertiary/aromatic N) is 1. The maximum absolute atomic E-state index is 12.6. The molecule has 1 saturated heterocycles. The summed E-state index contributed by atoms with van der Waals surface area (Å²) in [7, 11) is 1.93. The van der Waals surface area contributed by atoms with Crippen molar-refractivity contribution in [3.63, 3.8) is 0 Å². The zero-order valence-electron chi connectivity index (χ0n) is 13.6. The fraction of sp³-hybridized carbons (Fsp3) is 0.588. The number of amides is 1. The average Bonchev–Trinajstić information content (AvgIpc) is 2.34. The van der Waals surface area contributed by atoms with Crippen LogP contribution in [0.3, 0.4) is 0 Å². The molecule has 1 amide bonds. The first kappa shape index (κ1) is 18.0. The third kappa shape index (κ3) is 3.78. The van der Waals surface area contributed by atoms with E-state index in [-0.39, 0.29) is 30.3 Å². The third-order valence-electron chi connectivity index (χ3n) is 4.71. The maximum Gasteiger partial charge on any atom is 0.226 e. The minimum atomic E-state index is 0. The molecule has 0 aromatic heterocycles. The van der Waals surface area contributed by atoms with Crippen LogP contribution in [0.2, 0.25) is 0 Å². The van der Waals surface area contributed by atoms with Crippen molar-refractivity contribution in [2.75, 3.05) is 20.1 Å². The second kappa shape index (κ2) is 7.28. The van der Waals surface area contributed by atoms with Crippen molar-refractivity contribution in [3.05, 3.63) is 34.9 Å². The minimum absolute atomic E-state index is 0. The third-order valence-corrected chi connectivity index (χ3v) is 4.71. The van der Waals surface area contributed by atoms with Crippen LogP contribution in [-0.2, 0) is 4.79 Å². The standard InChI is InChI=1S/C17H26N2O.ClH/c1-11-6-7-16(12(2)8-11)14(4)19(5)17(20)13(3)15-9-18-10-15;/h6-8,13-15,18H,9-10H2,1-5H3;1H. The summed E-state index contributed by atoms with van der Waals surface area (Å²) in [6, 6.07) is 6.58. The molecule has 1 fully saturated rings. The normalized spacial score (nSPS) is 17.4. The van der Waals surface area contributed by atoms with Crippen LogP contribution in [0.4, 0.5) is 0 Å². The predicted octanol–water partition coefficient (Wildman–Crippen LogP) is 3.10. The number of hydrogen-bond donors (Lipinski definition) is 1. The van der Waals surface area contributed by atoms with Gasteiger partial charge in [0.2, 0.25) is 5.91 Å². The van der Waals surface area contributed by atoms with Gasteiger partial charge in [-0.2, -0.15) is 0 Å². The Bertz CT molecular complexity index is 500. The smallest absolute Gasteiger partial charge is 0.226 e. The molecule has 2 atom stereocenters. The highest BCUT2D eigenvalue weighted by Gasteiger charge is 2.32. The van der Waals surface area contributed by atoms with Gasteiger partial charge < -0.3 is 10.2 Å². The van der Waals surface area contributed by atoms with Crippen molar-refractivity contribution in [2.45, 2.75) is 33.7 Å². The molecule has 0 bridgehead atoms. The van der Waals surface area contributed by atoms with E-state index in [1.165, 1.54) is 16.7 Å². The van der Waals surface area contributed by atoms with Crippen molar-refractivity contribution < 1.29 is 4.79 Å². The molecule has 1 aliphatic rings. The Balaban J connectivity index is 0.00000220. The number of benzene rings is 1. The largest absolute Gasteiger partial charge is 0.339 e. The number of hydrogen-bond acceptors (Lipinski definition) is 2. The molecule has 21 heavy (non-hydrogen) atoms. The van der Waals surface area contributed by atoms with Gasteiger partial charge in [0.05, 0.1) is 6.04 Å². The first-order chi connectivity index (χ1) is 9.41. The van der Waals surface area contributed by atoms with Crippen LogP contribution in [-0.4, -0.2) is 30.9 Å². The van der Waals surface area contributed by atoms with Gasteiger partial charge in [-0.3, -0.25) is 4.79 Å². The van der Waals surface area contributed by atoms with E-state index in [1.807, 2.05) is 11.9 Å². The zero-order chi connectivity index (χ0) is 14.9. The van der Waals surface area contributed by atoms with E-state index in [1.54, 1.807) is 0 Å². The van der Waals surface area contributed by atoms with Gasteiger partial charge in [-0.1, -0.05) is 30.7 Å². The number of carbonyl (C=O) groups is 1. The molecular formula is C17H27ClN2O. The monoisotopic (exact) mass is 310 g/mol. The fourth-order valence-electron chi connectivity index (χ4n) is 2.88. The zero-order valence-corrected chi connectivity index (χ0v) is 14.5. The summed E-state index contributed by atoms with van der Waals surface area (Å²) in [5.74, 6) is 0.856. The summed E-state index contributed by atoms with van der Waals surface area (Å²) in [5, 5.41) is 3.24. The summed E-state index contributed by atoms with van der Waals surface area (Å²) in [5.41, 5.74) is 3.77.